The van der Waals surface area contributed by atoms with Gasteiger partial charge in [0.15, 0.2) is 0 Å². The third-order valence-corrected chi connectivity index (χ3v) is 3.06. The van der Waals surface area contributed by atoms with Crippen LogP contribution in [0.25, 0.3) is 0 Å². The van der Waals surface area contributed by atoms with E-state index in [4.69, 9.17) is 0 Å². The molecule has 0 aliphatic heterocycles. The fraction of sp³-hybridized carbons (Fsp3) is 0.429. The molecule has 0 saturated heterocycles. The zero-order chi connectivity index (χ0) is 13.8. The number of carboxylic acids is 1. The number of amides is 1. The van der Waals surface area contributed by atoms with Crippen LogP contribution < -0.4 is 40.0 Å². The molecule has 0 saturated carbocycles. The molecule has 1 N–H and O–H groups in total. The predicted molar refractivity (Wildman–Crippen MR) is 67.9 cm³/mol. The van der Waals surface area contributed by atoms with Gasteiger partial charge in [-0.05, 0) is 24.1 Å². The molecule has 98 valence electrons. The summed E-state index contributed by atoms with van der Waals surface area (Å²) in [5, 5.41) is 13.2. The Morgan fingerprint density at radius 3 is 2.16 bits per heavy atom. The topological polar surface area (TPSA) is 69.2 Å². The summed E-state index contributed by atoms with van der Waals surface area (Å²) in [6.07, 6.45) is 0.635. The van der Waals surface area contributed by atoms with Crippen molar-refractivity contribution in [2.24, 2.45) is 5.41 Å². The van der Waals surface area contributed by atoms with Crippen molar-refractivity contribution in [3.63, 3.8) is 0 Å². The minimum Gasteiger partial charge on any atom is -0.550 e. The summed E-state index contributed by atoms with van der Waals surface area (Å²) in [6, 6.07) is 6.73. The zero-order valence-corrected chi connectivity index (χ0v) is 13.9. The Morgan fingerprint density at radius 2 is 1.74 bits per heavy atom. The molecule has 0 spiro atoms. The standard InChI is InChI=1S/C14H19NO3.Na/c1-4-14(2,3)13(18)15-11-7-5-10(6-8-11)9-12(16)17;/h5-8H,4,9H2,1-3H3,(H,15,18)(H,16,17);/q;+1/p-1. The number of rotatable bonds is 5. The van der Waals surface area contributed by atoms with Gasteiger partial charge in [-0.25, -0.2) is 0 Å². The SMILES string of the molecule is CCC(C)(C)C(=O)Nc1ccc(CC(=O)[O-])cc1.[Na+]. The third-order valence-electron chi connectivity index (χ3n) is 3.06. The van der Waals surface area contributed by atoms with E-state index < -0.39 is 11.4 Å². The Kier molecular flexibility index (Phi) is 7.34. The van der Waals surface area contributed by atoms with E-state index in [1.165, 1.54) is 0 Å². The van der Waals surface area contributed by atoms with Crippen molar-refractivity contribution in [2.75, 3.05) is 5.32 Å². The maximum Gasteiger partial charge on any atom is 1.00 e. The molecule has 19 heavy (non-hydrogen) atoms. The summed E-state index contributed by atoms with van der Waals surface area (Å²) in [6.45, 7) is 5.72. The average molecular weight is 271 g/mol. The molecular formula is C14H18NNaO3. The van der Waals surface area contributed by atoms with Crippen LogP contribution in [0.1, 0.15) is 32.8 Å². The molecule has 0 bridgehead atoms. The second kappa shape index (κ2) is 7.68. The fourth-order valence-corrected chi connectivity index (χ4v) is 1.33. The number of carboxylic acid groups (broad SMARTS) is 1. The van der Waals surface area contributed by atoms with Gasteiger partial charge in [-0.1, -0.05) is 32.9 Å². The van der Waals surface area contributed by atoms with Gasteiger partial charge in [0.1, 0.15) is 0 Å². The van der Waals surface area contributed by atoms with Crippen LogP contribution in [0.2, 0.25) is 0 Å². The minimum absolute atomic E-state index is 0. The molecule has 0 atom stereocenters. The van der Waals surface area contributed by atoms with E-state index in [0.29, 0.717) is 11.3 Å². The van der Waals surface area contributed by atoms with Gasteiger partial charge < -0.3 is 15.2 Å². The van der Waals surface area contributed by atoms with Crippen molar-refractivity contribution in [3.8, 4) is 0 Å². The molecule has 0 unspecified atom stereocenters. The van der Waals surface area contributed by atoms with Gasteiger partial charge in [-0.2, -0.15) is 0 Å². The molecule has 0 radical (unpaired) electrons. The summed E-state index contributed by atoms with van der Waals surface area (Å²) in [7, 11) is 0. The molecule has 0 fully saturated rings. The summed E-state index contributed by atoms with van der Waals surface area (Å²) in [4.78, 5) is 22.3. The average Bonchev–Trinajstić information content (AvgIpc) is 2.31. The van der Waals surface area contributed by atoms with E-state index in [9.17, 15) is 14.7 Å². The minimum atomic E-state index is -1.11. The van der Waals surface area contributed by atoms with Crippen LogP contribution in [0.15, 0.2) is 24.3 Å². The van der Waals surface area contributed by atoms with E-state index in [1.54, 1.807) is 24.3 Å². The van der Waals surface area contributed by atoms with Gasteiger partial charge in [-0.15, -0.1) is 0 Å². The molecule has 1 rings (SSSR count). The van der Waals surface area contributed by atoms with Crippen molar-refractivity contribution in [2.45, 2.75) is 33.6 Å². The first-order chi connectivity index (χ1) is 8.35. The van der Waals surface area contributed by atoms with E-state index in [2.05, 4.69) is 5.32 Å². The second-order valence-corrected chi connectivity index (χ2v) is 4.94. The van der Waals surface area contributed by atoms with Gasteiger partial charge in [0.25, 0.3) is 0 Å². The molecule has 1 amide bonds. The number of anilines is 1. The van der Waals surface area contributed by atoms with Crippen molar-refractivity contribution in [3.05, 3.63) is 29.8 Å². The molecule has 0 aliphatic rings. The number of hydrogen-bond acceptors (Lipinski definition) is 3. The predicted octanol–water partition coefficient (Wildman–Crippen LogP) is -1.64. The van der Waals surface area contributed by atoms with Crippen molar-refractivity contribution in [1.29, 1.82) is 0 Å². The van der Waals surface area contributed by atoms with Crippen LogP contribution >= 0.6 is 0 Å². The van der Waals surface area contributed by atoms with Crippen LogP contribution in [-0.2, 0) is 16.0 Å². The third kappa shape index (κ3) is 5.76. The van der Waals surface area contributed by atoms with Crippen molar-refractivity contribution < 1.29 is 44.3 Å². The van der Waals surface area contributed by atoms with Crippen molar-refractivity contribution in [1.82, 2.24) is 0 Å². The molecule has 0 heterocycles. The molecule has 0 aromatic heterocycles. The quantitative estimate of drug-likeness (QED) is 0.653. The molecule has 1 aromatic carbocycles. The Balaban J connectivity index is 0.00000324. The maximum absolute atomic E-state index is 11.9. The Morgan fingerprint density at radius 1 is 1.21 bits per heavy atom. The molecular weight excluding hydrogens is 253 g/mol. The number of aliphatic carboxylic acids is 1. The Labute approximate surface area is 135 Å². The fourth-order valence-electron chi connectivity index (χ4n) is 1.33. The Bertz CT molecular complexity index is 441. The van der Waals surface area contributed by atoms with Gasteiger partial charge in [0.2, 0.25) is 5.91 Å². The van der Waals surface area contributed by atoms with Gasteiger partial charge in [-0.3, -0.25) is 4.79 Å². The molecule has 5 heteroatoms. The smallest absolute Gasteiger partial charge is 0.550 e. The molecule has 0 aliphatic carbocycles. The summed E-state index contributed by atoms with van der Waals surface area (Å²) in [5.74, 6) is -1.16. The summed E-state index contributed by atoms with van der Waals surface area (Å²) < 4.78 is 0. The van der Waals surface area contributed by atoms with E-state index in [0.717, 1.165) is 6.42 Å². The Hall–Kier alpha value is -0.840. The van der Waals surface area contributed by atoms with Gasteiger partial charge in [0.05, 0.1) is 0 Å². The van der Waals surface area contributed by atoms with Crippen LogP contribution in [0.4, 0.5) is 5.69 Å². The van der Waals surface area contributed by atoms with Crippen LogP contribution in [0.5, 0.6) is 0 Å². The normalized spacial score (nSPS) is 10.5. The van der Waals surface area contributed by atoms with E-state index >= 15 is 0 Å². The first-order valence-corrected chi connectivity index (χ1v) is 5.95. The summed E-state index contributed by atoms with van der Waals surface area (Å²) >= 11 is 0. The van der Waals surface area contributed by atoms with Crippen LogP contribution in [0.3, 0.4) is 0 Å². The second-order valence-electron chi connectivity index (χ2n) is 4.94. The number of nitrogens with one attached hydrogen (secondary N) is 1. The first-order valence-electron chi connectivity index (χ1n) is 5.95. The van der Waals surface area contributed by atoms with Crippen molar-refractivity contribution >= 4 is 17.6 Å². The zero-order valence-electron chi connectivity index (χ0n) is 11.9. The molecule has 4 nitrogen and oxygen atoms in total. The maximum atomic E-state index is 11.9. The number of carbonyl (C=O) groups is 2. The van der Waals surface area contributed by atoms with E-state index in [-0.39, 0.29) is 41.9 Å². The number of carbonyl (C=O) groups excluding carboxylic acids is 2. The van der Waals surface area contributed by atoms with E-state index in [1.807, 2.05) is 20.8 Å². The number of benzene rings is 1. The summed E-state index contributed by atoms with van der Waals surface area (Å²) in [5.41, 5.74) is 0.912. The van der Waals surface area contributed by atoms with Crippen LogP contribution in [0, 0.1) is 5.41 Å². The first kappa shape index (κ1) is 18.2. The monoisotopic (exact) mass is 271 g/mol. The van der Waals surface area contributed by atoms with Gasteiger partial charge >= 0.3 is 29.6 Å². The van der Waals surface area contributed by atoms with Gasteiger partial charge in [0, 0.05) is 23.5 Å². The number of hydrogen-bond donors (Lipinski definition) is 1. The molecule has 1 aromatic rings. The largest absolute Gasteiger partial charge is 1.00 e. The van der Waals surface area contributed by atoms with Crippen LogP contribution in [-0.4, -0.2) is 11.9 Å².